The molecular weight excluding hydrogens is 354 g/mol. The van der Waals surface area contributed by atoms with Crippen LogP contribution in [0.3, 0.4) is 0 Å². The molecule has 0 aliphatic heterocycles. The maximum atomic E-state index is 12.0. The summed E-state index contributed by atoms with van der Waals surface area (Å²) in [4.78, 5) is 30.5. The number of rotatable bonds is 4. The van der Waals surface area contributed by atoms with Crippen LogP contribution in [0.15, 0.2) is 41.8 Å². The maximum Gasteiger partial charge on any atom is 0.313 e. The van der Waals surface area contributed by atoms with E-state index >= 15 is 0 Å². The zero-order valence-electron chi connectivity index (χ0n) is 13.8. The predicted octanol–water partition coefficient (Wildman–Crippen LogP) is 3.74. The number of carbonyl (C=O) groups excluding carboxylic acids is 2. The summed E-state index contributed by atoms with van der Waals surface area (Å²) in [5.41, 5.74) is 2.45. The number of hydrogen-bond acceptors (Lipinski definition) is 5. The largest absolute Gasteiger partial charge is 0.343 e. The molecule has 0 aliphatic carbocycles. The lowest BCUT2D eigenvalue weighted by atomic mass is 10.1. The topological polar surface area (TPSA) is 71.1 Å². The average Bonchev–Trinajstić information content (AvgIpc) is 3.21. The predicted molar refractivity (Wildman–Crippen MR) is 102 cm³/mol. The number of carbonyl (C=O) groups is 2. The molecule has 2 amide bonds. The second-order valence-corrected chi connectivity index (χ2v) is 7.91. The highest BCUT2D eigenvalue weighted by molar-refractivity contribution is 7.11. The van der Waals surface area contributed by atoms with Gasteiger partial charge in [0, 0.05) is 26.4 Å². The van der Waals surface area contributed by atoms with Gasteiger partial charge in [0.2, 0.25) is 0 Å². The van der Waals surface area contributed by atoms with E-state index in [9.17, 15) is 9.59 Å². The van der Waals surface area contributed by atoms with Crippen molar-refractivity contribution in [1.29, 1.82) is 0 Å². The Labute approximate surface area is 153 Å². The van der Waals surface area contributed by atoms with Gasteiger partial charge >= 0.3 is 11.8 Å². The fourth-order valence-electron chi connectivity index (χ4n) is 2.24. The zero-order chi connectivity index (χ0) is 17.8. The molecule has 2 N–H and O–H groups in total. The summed E-state index contributed by atoms with van der Waals surface area (Å²) >= 11 is 3.19. The van der Waals surface area contributed by atoms with E-state index in [1.807, 2.05) is 43.5 Å². The Morgan fingerprint density at radius 1 is 1.04 bits per heavy atom. The van der Waals surface area contributed by atoms with Crippen LogP contribution in [-0.4, -0.2) is 16.8 Å². The maximum absolute atomic E-state index is 12.0. The fraction of sp³-hybridized carbons (Fsp3) is 0.167. The summed E-state index contributed by atoms with van der Waals surface area (Å²) in [6.07, 6.45) is 0. The highest BCUT2D eigenvalue weighted by atomic mass is 32.1. The van der Waals surface area contributed by atoms with Gasteiger partial charge < -0.3 is 10.6 Å². The van der Waals surface area contributed by atoms with Gasteiger partial charge in [-0.15, -0.1) is 22.7 Å². The monoisotopic (exact) mass is 371 g/mol. The zero-order valence-corrected chi connectivity index (χ0v) is 15.5. The fourth-order valence-corrected chi connectivity index (χ4v) is 3.69. The van der Waals surface area contributed by atoms with Crippen LogP contribution < -0.4 is 10.6 Å². The van der Waals surface area contributed by atoms with Crippen LogP contribution >= 0.6 is 22.7 Å². The highest BCUT2D eigenvalue weighted by Gasteiger charge is 2.14. The van der Waals surface area contributed by atoms with Gasteiger partial charge in [-0.1, -0.05) is 12.1 Å². The van der Waals surface area contributed by atoms with Gasteiger partial charge in [0.1, 0.15) is 0 Å². The van der Waals surface area contributed by atoms with Crippen LogP contribution in [0.1, 0.15) is 14.8 Å². The minimum atomic E-state index is -0.675. The molecule has 3 rings (SSSR count). The molecule has 128 valence electrons. The first-order chi connectivity index (χ1) is 12.0. The lowest BCUT2D eigenvalue weighted by Crippen LogP contribution is -2.34. The molecule has 0 saturated heterocycles. The van der Waals surface area contributed by atoms with E-state index in [0.717, 1.165) is 21.1 Å². The van der Waals surface area contributed by atoms with Crippen molar-refractivity contribution < 1.29 is 9.59 Å². The van der Waals surface area contributed by atoms with Crippen LogP contribution in [0.5, 0.6) is 0 Å². The summed E-state index contributed by atoms with van der Waals surface area (Å²) in [6.45, 7) is 4.31. The van der Waals surface area contributed by atoms with Gasteiger partial charge in [-0.2, -0.15) is 0 Å². The minimum Gasteiger partial charge on any atom is -0.343 e. The number of anilines is 1. The first-order valence-electron chi connectivity index (χ1n) is 7.68. The molecule has 1 aromatic carbocycles. The molecule has 5 nitrogen and oxygen atoms in total. The van der Waals surface area contributed by atoms with E-state index in [1.165, 1.54) is 4.88 Å². The molecule has 0 radical (unpaired) electrons. The Balaban J connectivity index is 1.55. The number of hydrogen-bond donors (Lipinski definition) is 2. The second kappa shape index (κ2) is 7.58. The van der Waals surface area contributed by atoms with Crippen molar-refractivity contribution in [3.8, 4) is 11.3 Å². The first kappa shape index (κ1) is 17.3. The first-order valence-corrected chi connectivity index (χ1v) is 9.38. The summed E-state index contributed by atoms with van der Waals surface area (Å²) in [6, 6.07) is 11.2. The van der Waals surface area contributed by atoms with E-state index in [-0.39, 0.29) is 0 Å². The molecule has 0 atom stereocenters. The van der Waals surface area contributed by atoms with Gasteiger partial charge in [-0.25, -0.2) is 4.98 Å². The summed E-state index contributed by atoms with van der Waals surface area (Å²) < 4.78 is 0. The smallest absolute Gasteiger partial charge is 0.313 e. The van der Waals surface area contributed by atoms with Gasteiger partial charge in [0.15, 0.2) is 0 Å². The lowest BCUT2D eigenvalue weighted by molar-refractivity contribution is -0.136. The van der Waals surface area contributed by atoms with Crippen molar-refractivity contribution >= 4 is 40.2 Å². The molecule has 2 aromatic heterocycles. The molecular formula is C18H17N3O2S2. The van der Waals surface area contributed by atoms with Crippen molar-refractivity contribution in [2.75, 3.05) is 5.32 Å². The van der Waals surface area contributed by atoms with Gasteiger partial charge in [-0.3, -0.25) is 9.59 Å². The highest BCUT2D eigenvalue weighted by Crippen LogP contribution is 2.23. The van der Waals surface area contributed by atoms with Crippen LogP contribution in [0, 0.1) is 13.8 Å². The van der Waals surface area contributed by atoms with Crippen molar-refractivity contribution in [3.05, 3.63) is 56.5 Å². The molecule has 0 saturated carbocycles. The third kappa shape index (κ3) is 4.52. The molecule has 2 heterocycles. The number of benzene rings is 1. The molecule has 0 bridgehead atoms. The van der Waals surface area contributed by atoms with Crippen LogP contribution in [0.2, 0.25) is 0 Å². The number of amides is 2. The third-order valence-electron chi connectivity index (χ3n) is 3.48. The van der Waals surface area contributed by atoms with Gasteiger partial charge in [0.25, 0.3) is 0 Å². The number of thiazole rings is 1. The van der Waals surface area contributed by atoms with Crippen LogP contribution in [-0.2, 0) is 16.1 Å². The molecule has 3 aromatic rings. The third-order valence-corrected chi connectivity index (χ3v) is 5.26. The molecule has 0 fully saturated rings. The number of aromatic nitrogens is 1. The quantitative estimate of drug-likeness (QED) is 0.686. The van der Waals surface area contributed by atoms with Crippen molar-refractivity contribution in [1.82, 2.24) is 10.3 Å². The van der Waals surface area contributed by atoms with Gasteiger partial charge in [-0.05, 0) is 38.1 Å². The number of aryl methyl sites for hydroxylation is 2. The minimum absolute atomic E-state index is 0.354. The molecule has 0 unspecified atom stereocenters. The van der Waals surface area contributed by atoms with Crippen molar-refractivity contribution in [3.63, 3.8) is 0 Å². The SMILES string of the molecule is Cc1ccc(CNC(=O)C(=O)Nc2ccc(-c3csc(C)n3)cc2)s1. The Bertz CT molecular complexity index is 897. The van der Waals surface area contributed by atoms with Crippen LogP contribution in [0.25, 0.3) is 11.3 Å². The van der Waals surface area contributed by atoms with E-state index in [0.29, 0.717) is 12.2 Å². The number of nitrogens with one attached hydrogen (secondary N) is 2. The number of thiophene rings is 1. The average molecular weight is 371 g/mol. The molecule has 7 heteroatoms. The van der Waals surface area contributed by atoms with E-state index in [4.69, 9.17) is 0 Å². The van der Waals surface area contributed by atoms with Crippen LogP contribution in [0.4, 0.5) is 5.69 Å². The van der Waals surface area contributed by atoms with Crippen molar-refractivity contribution in [2.45, 2.75) is 20.4 Å². The Hall–Kier alpha value is -2.51. The molecule has 0 aliphatic rings. The normalized spacial score (nSPS) is 10.5. The van der Waals surface area contributed by atoms with E-state index in [2.05, 4.69) is 15.6 Å². The molecule has 25 heavy (non-hydrogen) atoms. The summed E-state index contributed by atoms with van der Waals surface area (Å²) in [5.74, 6) is -1.32. The summed E-state index contributed by atoms with van der Waals surface area (Å²) in [5, 5.41) is 8.22. The van der Waals surface area contributed by atoms with Crippen molar-refractivity contribution in [2.24, 2.45) is 0 Å². The Kier molecular flexibility index (Phi) is 5.25. The standard InChI is InChI=1S/C18H17N3O2S2/c1-11-3-8-15(25-11)9-19-17(22)18(23)21-14-6-4-13(5-7-14)16-10-24-12(2)20-16/h3-8,10H,9H2,1-2H3,(H,19,22)(H,21,23). The Morgan fingerprint density at radius 3 is 2.40 bits per heavy atom. The van der Waals surface area contributed by atoms with E-state index in [1.54, 1.807) is 34.8 Å². The Morgan fingerprint density at radius 2 is 1.80 bits per heavy atom. The summed E-state index contributed by atoms with van der Waals surface area (Å²) in [7, 11) is 0. The van der Waals surface area contributed by atoms with E-state index < -0.39 is 11.8 Å². The lowest BCUT2D eigenvalue weighted by Gasteiger charge is -2.06. The molecule has 0 spiro atoms. The number of nitrogens with zero attached hydrogens (tertiary/aromatic N) is 1. The van der Waals surface area contributed by atoms with Gasteiger partial charge in [0.05, 0.1) is 17.2 Å². The second-order valence-electron chi connectivity index (χ2n) is 5.48.